The van der Waals surface area contributed by atoms with Crippen molar-refractivity contribution in [3.8, 4) is 0 Å². The molecule has 0 aromatic heterocycles. The summed E-state index contributed by atoms with van der Waals surface area (Å²) in [5.74, 6) is -10.7. The van der Waals surface area contributed by atoms with Gasteiger partial charge in [-0.3, -0.25) is 4.57 Å². The first-order valence-corrected chi connectivity index (χ1v) is 8.05. The lowest BCUT2D eigenvalue weighted by Crippen LogP contribution is -2.24. The second kappa shape index (κ2) is 6.85. The molecule has 0 radical (unpaired) electrons. The van der Waals surface area contributed by atoms with Crippen molar-refractivity contribution < 1.29 is 31.4 Å². The minimum absolute atomic E-state index is 0.438. The van der Waals surface area contributed by atoms with Gasteiger partial charge in [-0.25, -0.2) is 27.0 Å². The zero-order valence-electron chi connectivity index (χ0n) is 11.4. The Morgan fingerprint density at radius 2 is 1.48 bits per heavy atom. The van der Waals surface area contributed by atoms with E-state index in [0.717, 1.165) is 0 Å². The summed E-state index contributed by atoms with van der Waals surface area (Å²) in [5.41, 5.74) is -1.30. The standard InChI is InChI=1S/C12H15F5NO2P/c1-3-4-6(2)18-21(19,20)5-7-8(13)10(15)12(17)11(16)9(7)14/h6H,3-5H2,1-2H3,(H2,18,19,20). The molecule has 0 saturated heterocycles. The summed E-state index contributed by atoms with van der Waals surface area (Å²) in [4.78, 5) is 9.64. The SMILES string of the molecule is CCCC(C)NP(=O)(O)Cc1c(F)c(F)c(F)c(F)c1F. The van der Waals surface area contributed by atoms with Crippen LogP contribution in [0.1, 0.15) is 32.3 Å². The lowest BCUT2D eigenvalue weighted by Gasteiger charge is -2.19. The van der Waals surface area contributed by atoms with E-state index < -0.39 is 54.4 Å². The fourth-order valence-electron chi connectivity index (χ4n) is 1.89. The third-order valence-electron chi connectivity index (χ3n) is 2.82. The molecule has 3 nitrogen and oxygen atoms in total. The van der Waals surface area contributed by atoms with Gasteiger partial charge in [0, 0.05) is 11.6 Å². The molecule has 1 aromatic carbocycles. The molecule has 21 heavy (non-hydrogen) atoms. The summed E-state index contributed by atoms with van der Waals surface area (Å²) >= 11 is 0. The summed E-state index contributed by atoms with van der Waals surface area (Å²) in [6.45, 7) is 3.40. The van der Waals surface area contributed by atoms with Gasteiger partial charge < -0.3 is 4.89 Å². The Morgan fingerprint density at radius 3 is 1.90 bits per heavy atom. The number of benzene rings is 1. The van der Waals surface area contributed by atoms with Crippen LogP contribution < -0.4 is 5.09 Å². The van der Waals surface area contributed by atoms with Crippen LogP contribution in [0.5, 0.6) is 0 Å². The predicted octanol–water partition coefficient (Wildman–Crippen LogP) is 3.85. The molecule has 0 aliphatic rings. The zero-order valence-corrected chi connectivity index (χ0v) is 12.3. The number of hydrogen-bond acceptors (Lipinski definition) is 1. The van der Waals surface area contributed by atoms with Gasteiger partial charge >= 0.3 is 0 Å². The Bertz CT molecular complexity index is 552. The molecule has 0 bridgehead atoms. The summed E-state index contributed by atoms with van der Waals surface area (Å²) in [5, 5.41) is 2.25. The molecule has 0 aliphatic carbocycles. The van der Waals surface area contributed by atoms with Gasteiger partial charge in [0.1, 0.15) is 0 Å². The molecule has 0 heterocycles. The van der Waals surface area contributed by atoms with Crippen molar-refractivity contribution in [2.75, 3.05) is 0 Å². The monoisotopic (exact) mass is 331 g/mol. The predicted molar refractivity (Wildman–Crippen MR) is 67.3 cm³/mol. The van der Waals surface area contributed by atoms with Gasteiger partial charge in [0.2, 0.25) is 5.82 Å². The normalized spacial score (nSPS) is 15.8. The Labute approximate surface area is 118 Å². The van der Waals surface area contributed by atoms with Gasteiger partial charge in [-0.2, -0.15) is 0 Å². The van der Waals surface area contributed by atoms with Crippen LogP contribution in [0.4, 0.5) is 22.0 Å². The van der Waals surface area contributed by atoms with Gasteiger partial charge in [-0.05, 0) is 13.3 Å². The first kappa shape index (κ1) is 18.1. The first-order chi connectivity index (χ1) is 9.60. The van der Waals surface area contributed by atoms with Crippen molar-refractivity contribution in [1.29, 1.82) is 0 Å². The summed E-state index contributed by atoms with van der Waals surface area (Å²) in [6.07, 6.45) is 0.0190. The van der Waals surface area contributed by atoms with Crippen LogP contribution in [0.2, 0.25) is 0 Å². The molecule has 2 atom stereocenters. The molecule has 2 unspecified atom stereocenters. The molecule has 1 aromatic rings. The second-order valence-electron chi connectivity index (χ2n) is 4.73. The molecule has 0 saturated carbocycles. The molecule has 0 fully saturated rings. The quantitative estimate of drug-likeness (QED) is 0.360. The third-order valence-corrected chi connectivity index (χ3v) is 4.41. The van der Waals surface area contributed by atoms with Gasteiger partial charge in [-0.15, -0.1) is 0 Å². The second-order valence-corrected chi connectivity index (χ2v) is 6.70. The lowest BCUT2D eigenvalue weighted by molar-refractivity contribution is 0.370. The molecular weight excluding hydrogens is 316 g/mol. The van der Waals surface area contributed by atoms with Gasteiger partial charge in [-0.1, -0.05) is 13.3 Å². The summed E-state index contributed by atoms with van der Waals surface area (Å²) in [6, 6.07) is -0.438. The lowest BCUT2D eigenvalue weighted by atomic mass is 10.2. The maximum Gasteiger partial charge on any atom is 0.272 e. The number of halogens is 5. The Kier molecular flexibility index (Phi) is 5.90. The van der Waals surface area contributed by atoms with E-state index in [1.54, 1.807) is 6.92 Å². The minimum atomic E-state index is -4.29. The maximum atomic E-state index is 13.4. The van der Waals surface area contributed by atoms with Crippen LogP contribution >= 0.6 is 7.52 Å². The Balaban J connectivity index is 3.11. The van der Waals surface area contributed by atoms with E-state index >= 15 is 0 Å². The Hall–Kier alpha value is -0.980. The van der Waals surface area contributed by atoms with E-state index in [1.165, 1.54) is 0 Å². The highest BCUT2D eigenvalue weighted by molar-refractivity contribution is 7.55. The van der Waals surface area contributed by atoms with E-state index in [9.17, 15) is 31.4 Å². The van der Waals surface area contributed by atoms with E-state index in [0.29, 0.717) is 12.8 Å². The smallest absolute Gasteiger partial charge is 0.272 e. The molecule has 1 rings (SSSR count). The van der Waals surface area contributed by atoms with Crippen molar-refractivity contribution in [3.63, 3.8) is 0 Å². The average Bonchev–Trinajstić information content (AvgIpc) is 2.39. The fourth-order valence-corrected chi connectivity index (χ4v) is 3.51. The van der Waals surface area contributed by atoms with Crippen LogP contribution in [-0.4, -0.2) is 10.9 Å². The third kappa shape index (κ3) is 4.25. The topological polar surface area (TPSA) is 49.3 Å². The van der Waals surface area contributed by atoms with Gasteiger partial charge in [0.05, 0.1) is 6.16 Å². The number of nitrogens with one attached hydrogen (secondary N) is 1. The maximum absolute atomic E-state index is 13.4. The first-order valence-electron chi connectivity index (χ1n) is 6.20. The van der Waals surface area contributed by atoms with Crippen LogP contribution in [0.15, 0.2) is 0 Å². The molecule has 0 amide bonds. The van der Waals surface area contributed by atoms with Crippen molar-refractivity contribution in [1.82, 2.24) is 5.09 Å². The summed E-state index contributed by atoms with van der Waals surface area (Å²) in [7, 11) is -4.29. The van der Waals surface area contributed by atoms with Crippen molar-refractivity contribution in [2.24, 2.45) is 0 Å². The molecule has 120 valence electrons. The molecule has 9 heteroatoms. The highest BCUT2D eigenvalue weighted by atomic mass is 31.2. The largest absolute Gasteiger partial charge is 0.333 e. The van der Waals surface area contributed by atoms with Gasteiger partial charge in [0.15, 0.2) is 23.3 Å². The molecular formula is C12H15F5NO2P. The minimum Gasteiger partial charge on any atom is -0.333 e. The van der Waals surface area contributed by atoms with Gasteiger partial charge in [0.25, 0.3) is 7.52 Å². The van der Waals surface area contributed by atoms with Crippen molar-refractivity contribution >= 4 is 7.52 Å². The fraction of sp³-hybridized carbons (Fsp3) is 0.500. The molecule has 0 spiro atoms. The van der Waals surface area contributed by atoms with Crippen LogP contribution in [-0.2, 0) is 10.7 Å². The van der Waals surface area contributed by atoms with E-state index in [2.05, 4.69) is 5.09 Å². The number of rotatable bonds is 6. The van der Waals surface area contributed by atoms with E-state index in [1.807, 2.05) is 6.92 Å². The zero-order chi connectivity index (χ0) is 16.4. The highest BCUT2D eigenvalue weighted by Crippen LogP contribution is 2.42. The highest BCUT2D eigenvalue weighted by Gasteiger charge is 2.31. The van der Waals surface area contributed by atoms with E-state index in [4.69, 9.17) is 0 Å². The van der Waals surface area contributed by atoms with Crippen molar-refractivity contribution in [2.45, 2.75) is 38.9 Å². The Morgan fingerprint density at radius 1 is 1.05 bits per heavy atom. The van der Waals surface area contributed by atoms with Crippen molar-refractivity contribution in [3.05, 3.63) is 34.6 Å². The average molecular weight is 331 g/mol. The molecule has 0 aliphatic heterocycles. The van der Waals surface area contributed by atoms with Crippen LogP contribution in [0.3, 0.4) is 0 Å². The molecule has 2 N–H and O–H groups in total. The van der Waals surface area contributed by atoms with E-state index in [-0.39, 0.29) is 0 Å². The van der Waals surface area contributed by atoms with Crippen LogP contribution in [0.25, 0.3) is 0 Å². The summed E-state index contributed by atoms with van der Waals surface area (Å²) < 4.78 is 77.6. The number of hydrogen-bond donors (Lipinski definition) is 2. The van der Waals surface area contributed by atoms with Crippen LogP contribution in [0, 0.1) is 29.1 Å².